The number of hydrogen-bond acceptors (Lipinski definition) is 5. The Morgan fingerprint density at radius 1 is 1.15 bits per heavy atom. The van der Waals surface area contributed by atoms with E-state index in [-0.39, 0.29) is 5.91 Å². The fraction of sp³-hybridized carbons (Fsp3) is 0.286. The quantitative estimate of drug-likeness (QED) is 0.477. The first-order chi connectivity index (χ1) is 13.2. The van der Waals surface area contributed by atoms with E-state index in [4.69, 9.17) is 0 Å². The molecule has 27 heavy (non-hydrogen) atoms. The molecule has 6 heteroatoms. The topological polar surface area (TPSA) is 58.1 Å². The molecule has 0 fully saturated rings. The lowest BCUT2D eigenvalue weighted by atomic mass is 10.2. The largest absolute Gasteiger partial charge is 0.370 e. The van der Waals surface area contributed by atoms with Crippen molar-refractivity contribution in [1.29, 1.82) is 0 Å². The van der Waals surface area contributed by atoms with Crippen LogP contribution in [-0.4, -0.2) is 41.3 Å². The zero-order valence-corrected chi connectivity index (χ0v) is 16.5. The molecule has 1 N–H and O–H groups in total. The summed E-state index contributed by atoms with van der Waals surface area (Å²) < 4.78 is 0. The summed E-state index contributed by atoms with van der Waals surface area (Å²) in [5, 5.41) is 4.82. The van der Waals surface area contributed by atoms with Gasteiger partial charge in [-0.2, -0.15) is 0 Å². The first kappa shape index (κ1) is 19.2. The fourth-order valence-corrected chi connectivity index (χ4v) is 3.72. The summed E-state index contributed by atoms with van der Waals surface area (Å²) in [6, 6.07) is 16.3. The summed E-state index contributed by atoms with van der Waals surface area (Å²) in [7, 11) is 0. The van der Waals surface area contributed by atoms with Crippen molar-refractivity contribution in [3.8, 4) is 0 Å². The maximum Gasteiger partial charge on any atom is 0.230 e. The van der Waals surface area contributed by atoms with Gasteiger partial charge in [-0.1, -0.05) is 42.1 Å². The number of aryl methyl sites for hydroxylation is 1. The van der Waals surface area contributed by atoms with Crippen LogP contribution in [0.5, 0.6) is 0 Å². The van der Waals surface area contributed by atoms with Crippen LogP contribution in [0.4, 0.5) is 5.69 Å². The van der Waals surface area contributed by atoms with Gasteiger partial charge in [0.1, 0.15) is 11.4 Å². The standard InChI is InChI=1S/C21H24N4OS/c1-3-25(17-8-6-7-16(2)13-17)12-11-22-20(26)14-27-21-18-9-4-5-10-19(18)23-15-24-21/h4-10,13,15H,3,11-12,14H2,1-2H3,(H,22,26). The number of benzene rings is 2. The number of nitrogens with one attached hydrogen (secondary N) is 1. The zero-order chi connectivity index (χ0) is 19.1. The van der Waals surface area contributed by atoms with Crippen LogP contribution in [0.25, 0.3) is 10.9 Å². The third-order valence-corrected chi connectivity index (χ3v) is 5.30. The minimum Gasteiger partial charge on any atom is -0.370 e. The number of thioether (sulfide) groups is 1. The predicted molar refractivity (Wildman–Crippen MR) is 112 cm³/mol. The Labute approximate surface area is 164 Å². The number of fused-ring (bicyclic) bond motifs is 1. The molecular formula is C21H24N4OS. The number of likely N-dealkylation sites (N-methyl/N-ethyl adjacent to an activating group) is 1. The molecule has 140 valence electrons. The van der Waals surface area contributed by atoms with E-state index in [0.29, 0.717) is 12.3 Å². The van der Waals surface area contributed by atoms with Gasteiger partial charge in [0.05, 0.1) is 11.3 Å². The highest BCUT2D eigenvalue weighted by Gasteiger charge is 2.09. The highest BCUT2D eigenvalue weighted by Crippen LogP contribution is 2.23. The molecule has 0 aliphatic carbocycles. The second kappa shape index (κ2) is 9.37. The molecule has 3 rings (SSSR count). The number of carbonyl (C=O) groups excluding carboxylic acids is 1. The molecule has 1 aromatic heterocycles. The lowest BCUT2D eigenvalue weighted by molar-refractivity contribution is -0.118. The zero-order valence-electron chi connectivity index (χ0n) is 15.7. The predicted octanol–water partition coefficient (Wildman–Crippen LogP) is 3.67. The van der Waals surface area contributed by atoms with E-state index in [1.54, 1.807) is 6.33 Å². The van der Waals surface area contributed by atoms with E-state index in [1.807, 2.05) is 24.3 Å². The highest BCUT2D eigenvalue weighted by atomic mass is 32.2. The third-order valence-electron chi connectivity index (χ3n) is 4.30. The lowest BCUT2D eigenvalue weighted by Crippen LogP contribution is -2.35. The average molecular weight is 381 g/mol. The molecule has 2 aromatic carbocycles. The molecule has 0 unspecified atom stereocenters. The van der Waals surface area contributed by atoms with Gasteiger partial charge in [0.15, 0.2) is 0 Å². The van der Waals surface area contributed by atoms with Crippen molar-refractivity contribution >= 4 is 34.3 Å². The molecule has 3 aromatic rings. The number of nitrogens with zero attached hydrogens (tertiary/aromatic N) is 3. The van der Waals surface area contributed by atoms with Crippen LogP contribution in [-0.2, 0) is 4.79 Å². The normalized spacial score (nSPS) is 10.7. The first-order valence-corrected chi connectivity index (χ1v) is 10.1. The molecular weight excluding hydrogens is 356 g/mol. The van der Waals surface area contributed by atoms with Crippen molar-refractivity contribution in [3.63, 3.8) is 0 Å². The summed E-state index contributed by atoms with van der Waals surface area (Å²) in [5.74, 6) is 0.361. The average Bonchev–Trinajstić information content (AvgIpc) is 2.69. The summed E-state index contributed by atoms with van der Waals surface area (Å²) in [4.78, 5) is 23.0. The van der Waals surface area contributed by atoms with E-state index in [2.05, 4.69) is 58.3 Å². The third kappa shape index (κ3) is 5.20. The minimum atomic E-state index is 0.0167. The minimum absolute atomic E-state index is 0.0167. The number of carbonyl (C=O) groups is 1. The van der Waals surface area contributed by atoms with Crippen LogP contribution in [0.1, 0.15) is 12.5 Å². The summed E-state index contributed by atoms with van der Waals surface area (Å²) >= 11 is 1.44. The Hall–Kier alpha value is -2.60. The van der Waals surface area contributed by atoms with E-state index in [9.17, 15) is 4.79 Å². The molecule has 0 spiro atoms. The van der Waals surface area contributed by atoms with Crippen molar-refractivity contribution < 1.29 is 4.79 Å². The Morgan fingerprint density at radius 2 is 2.00 bits per heavy atom. The maximum absolute atomic E-state index is 12.2. The summed E-state index contributed by atoms with van der Waals surface area (Å²) in [6.07, 6.45) is 1.55. The molecule has 0 radical (unpaired) electrons. The number of hydrogen-bond donors (Lipinski definition) is 1. The number of rotatable bonds is 8. The Kier molecular flexibility index (Phi) is 6.65. The smallest absolute Gasteiger partial charge is 0.230 e. The molecule has 1 amide bonds. The Bertz CT molecular complexity index is 910. The number of aromatic nitrogens is 2. The van der Waals surface area contributed by atoms with Gasteiger partial charge in [-0.3, -0.25) is 4.79 Å². The van der Waals surface area contributed by atoms with Crippen molar-refractivity contribution in [3.05, 3.63) is 60.4 Å². The Morgan fingerprint density at radius 3 is 2.81 bits per heavy atom. The number of amides is 1. The number of anilines is 1. The molecule has 0 bridgehead atoms. The SMILES string of the molecule is CCN(CCNC(=O)CSc1ncnc2ccccc12)c1cccc(C)c1. The van der Waals surface area contributed by atoms with E-state index in [0.717, 1.165) is 29.0 Å². The van der Waals surface area contributed by atoms with Crippen molar-refractivity contribution in [1.82, 2.24) is 15.3 Å². The van der Waals surface area contributed by atoms with Crippen molar-refractivity contribution in [2.45, 2.75) is 18.9 Å². The molecule has 1 heterocycles. The van der Waals surface area contributed by atoms with Crippen LogP contribution in [0.15, 0.2) is 59.9 Å². The monoisotopic (exact) mass is 380 g/mol. The van der Waals surface area contributed by atoms with Gasteiger partial charge in [-0.25, -0.2) is 9.97 Å². The second-order valence-electron chi connectivity index (χ2n) is 6.25. The van der Waals surface area contributed by atoms with Crippen LogP contribution in [0.2, 0.25) is 0 Å². The molecule has 0 aliphatic rings. The summed E-state index contributed by atoms with van der Waals surface area (Å²) in [5.41, 5.74) is 3.32. The van der Waals surface area contributed by atoms with Crippen LogP contribution >= 0.6 is 11.8 Å². The molecule has 5 nitrogen and oxygen atoms in total. The van der Waals surface area contributed by atoms with E-state index >= 15 is 0 Å². The van der Waals surface area contributed by atoms with Gasteiger partial charge in [0.25, 0.3) is 0 Å². The van der Waals surface area contributed by atoms with Crippen molar-refractivity contribution in [2.24, 2.45) is 0 Å². The lowest BCUT2D eigenvalue weighted by Gasteiger charge is -2.23. The van der Waals surface area contributed by atoms with Crippen molar-refractivity contribution in [2.75, 3.05) is 30.3 Å². The van der Waals surface area contributed by atoms with Gasteiger partial charge in [0, 0.05) is 30.7 Å². The highest BCUT2D eigenvalue weighted by molar-refractivity contribution is 8.00. The molecule has 0 aliphatic heterocycles. The summed E-state index contributed by atoms with van der Waals surface area (Å²) in [6.45, 7) is 6.52. The maximum atomic E-state index is 12.2. The molecule has 0 atom stereocenters. The van der Waals surface area contributed by atoms with Gasteiger partial charge < -0.3 is 10.2 Å². The molecule has 0 saturated heterocycles. The first-order valence-electron chi connectivity index (χ1n) is 9.08. The second-order valence-corrected chi connectivity index (χ2v) is 7.22. The van der Waals surface area contributed by atoms with Crippen LogP contribution in [0.3, 0.4) is 0 Å². The van der Waals surface area contributed by atoms with E-state index < -0.39 is 0 Å². The number of para-hydroxylation sites is 1. The van der Waals surface area contributed by atoms with Gasteiger partial charge >= 0.3 is 0 Å². The Balaban J connectivity index is 1.49. The van der Waals surface area contributed by atoms with Crippen LogP contribution < -0.4 is 10.2 Å². The van der Waals surface area contributed by atoms with Gasteiger partial charge in [0.2, 0.25) is 5.91 Å². The molecule has 0 saturated carbocycles. The van der Waals surface area contributed by atoms with Gasteiger partial charge in [-0.05, 0) is 37.6 Å². The van der Waals surface area contributed by atoms with E-state index in [1.165, 1.54) is 23.0 Å². The van der Waals surface area contributed by atoms with Crippen LogP contribution in [0, 0.1) is 6.92 Å². The fourth-order valence-electron chi connectivity index (χ4n) is 2.90. The van der Waals surface area contributed by atoms with Gasteiger partial charge in [-0.15, -0.1) is 0 Å².